The van der Waals surface area contributed by atoms with Crippen molar-refractivity contribution in [3.8, 4) is 45.8 Å². The van der Waals surface area contributed by atoms with Gasteiger partial charge in [0, 0.05) is 11.6 Å². The number of methoxy groups -OCH3 is 4. The topological polar surface area (TPSA) is 114 Å². The monoisotopic (exact) mass is 478 g/mol. The van der Waals surface area contributed by atoms with E-state index in [0.29, 0.717) is 16.9 Å². The van der Waals surface area contributed by atoms with E-state index < -0.39 is 17.1 Å². The number of hydrogen-bond acceptors (Lipinski definition) is 9. The van der Waals surface area contributed by atoms with Crippen LogP contribution in [0.15, 0.2) is 63.8 Å². The van der Waals surface area contributed by atoms with Gasteiger partial charge in [-0.15, -0.1) is 0 Å². The fourth-order valence-corrected chi connectivity index (χ4v) is 3.63. The predicted molar refractivity (Wildman–Crippen MR) is 127 cm³/mol. The number of aromatic hydroxyl groups is 1. The summed E-state index contributed by atoms with van der Waals surface area (Å²) in [6.45, 7) is 0. The summed E-state index contributed by atoms with van der Waals surface area (Å²) in [5, 5.41) is 10.5. The highest BCUT2D eigenvalue weighted by molar-refractivity contribution is 5.93. The zero-order valence-corrected chi connectivity index (χ0v) is 19.4. The van der Waals surface area contributed by atoms with Gasteiger partial charge in [-0.3, -0.25) is 4.79 Å². The third kappa shape index (κ3) is 4.19. The van der Waals surface area contributed by atoms with Crippen molar-refractivity contribution in [2.75, 3.05) is 28.4 Å². The molecule has 3 aromatic carbocycles. The molecule has 4 aromatic rings. The van der Waals surface area contributed by atoms with Crippen LogP contribution in [0.5, 0.6) is 34.5 Å². The molecule has 0 aliphatic heterocycles. The Morgan fingerprint density at radius 1 is 0.800 bits per heavy atom. The molecule has 0 unspecified atom stereocenters. The smallest absolute Gasteiger partial charge is 0.343 e. The first-order valence-corrected chi connectivity index (χ1v) is 10.4. The molecule has 9 heteroatoms. The number of esters is 1. The van der Waals surface area contributed by atoms with E-state index >= 15 is 0 Å². The Bertz CT molecular complexity index is 1460. The highest BCUT2D eigenvalue weighted by atomic mass is 16.6. The molecular weight excluding hydrogens is 456 g/mol. The van der Waals surface area contributed by atoms with Gasteiger partial charge in [0.15, 0.2) is 28.8 Å². The number of ether oxygens (including phenoxy) is 5. The molecule has 0 bridgehead atoms. The van der Waals surface area contributed by atoms with Gasteiger partial charge in [0.05, 0.1) is 34.0 Å². The van der Waals surface area contributed by atoms with E-state index in [2.05, 4.69) is 0 Å². The molecule has 0 amide bonds. The summed E-state index contributed by atoms with van der Waals surface area (Å²) >= 11 is 0. The van der Waals surface area contributed by atoms with Crippen molar-refractivity contribution in [3.05, 3.63) is 70.4 Å². The highest BCUT2D eigenvalue weighted by Gasteiger charge is 2.25. The SMILES string of the molecule is COc1ccc(-c2oc3cc(OC)c(OC)c(O)c3c(=O)c2OC)cc1OC(=O)c1ccccc1. The van der Waals surface area contributed by atoms with Crippen molar-refractivity contribution < 1.29 is 38.0 Å². The Balaban J connectivity index is 1.89. The molecule has 9 nitrogen and oxygen atoms in total. The van der Waals surface area contributed by atoms with Crippen LogP contribution in [-0.4, -0.2) is 39.5 Å². The van der Waals surface area contributed by atoms with Gasteiger partial charge in [-0.25, -0.2) is 4.79 Å². The lowest BCUT2D eigenvalue weighted by atomic mass is 10.1. The van der Waals surface area contributed by atoms with E-state index in [-0.39, 0.29) is 39.7 Å². The average molecular weight is 478 g/mol. The molecule has 0 spiro atoms. The molecule has 0 aliphatic rings. The van der Waals surface area contributed by atoms with Gasteiger partial charge >= 0.3 is 5.97 Å². The van der Waals surface area contributed by atoms with Crippen molar-refractivity contribution >= 4 is 16.9 Å². The average Bonchev–Trinajstić information content (AvgIpc) is 2.88. The standard InChI is InChI=1S/C26H22O9/c1-30-16-11-10-15(12-17(16)35-26(29)14-8-6-5-7-9-14)23-25(33-4)22(28)20-18(34-23)13-19(31-2)24(32-3)21(20)27/h5-13,27H,1-4H3. The normalized spacial score (nSPS) is 10.6. The Morgan fingerprint density at radius 2 is 1.49 bits per heavy atom. The maximum Gasteiger partial charge on any atom is 0.343 e. The quantitative estimate of drug-likeness (QED) is 0.305. The second-order valence-corrected chi connectivity index (χ2v) is 7.25. The fourth-order valence-electron chi connectivity index (χ4n) is 3.63. The fraction of sp³-hybridized carbons (Fsp3) is 0.154. The van der Waals surface area contributed by atoms with Crippen LogP contribution in [0.3, 0.4) is 0 Å². The van der Waals surface area contributed by atoms with Crippen LogP contribution < -0.4 is 29.1 Å². The Hall–Kier alpha value is -4.66. The second-order valence-electron chi connectivity index (χ2n) is 7.25. The summed E-state index contributed by atoms with van der Waals surface area (Å²) in [6.07, 6.45) is 0. The largest absolute Gasteiger partial charge is 0.504 e. The maximum atomic E-state index is 13.3. The van der Waals surface area contributed by atoms with Gasteiger partial charge in [-0.2, -0.15) is 0 Å². The van der Waals surface area contributed by atoms with Gasteiger partial charge < -0.3 is 33.2 Å². The van der Waals surface area contributed by atoms with Crippen LogP contribution in [0.25, 0.3) is 22.3 Å². The lowest BCUT2D eigenvalue weighted by molar-refractivity contribution is 0.0730. The maximum absolute atomic E-state index is 13.3. The Morgan fingerprint density at radius 3 is 2.11 bits per heavy atom. The predicted octanol–water partition coefficient (Wildman–Crippen LogP) is 4.42. The van der Waals surface area contributed by atoms with Crippen LogP contribution in [0.1, 0.15) is 10.4 Å². The minimum Gasteiger partial charge on any atom is -0.504 e. The van der Waals surface area contributed by atoms with Crippen molar-refractivity contribution in [1.82, 2.24) is 0 Å². The van der Waals surface area contributed by atoms with E-state index in [1.54, 1.807) is 42.5 Å². The molecule has 0 radical (unpaired) electrons. The number of fused-ring (bicyclic) bond motifs is 1. The summed E-state index contributed by atoms with van der Waals surface area (Å²) in [7, 11) is 5.47. The first-order valence-electron chi connectivity index (χ1n) is 10.4. The summed E-state index contributed by atoms with van der Waals surface area (Å²) < 4.78 is 32.6. The summed E-state index contributed by atoms with van der Waals surface area (Å²) in [4.78, 5) is 25.9. The van der Waals surface area contributed by atoms with Crippen molar-refractivity contribution in [1.29, 1.82) is 0 Å². The molecular formula is C26H22O9. The summed E-state index contributed by atoms with van der Waals surface area (Å²) in [6, 6.07) is 14.6. The molecule has 1 heterocycles. The molecule has 180 valence electrons. The lowest BCUT2D eigenvalue weighted by Crippen LogP contribution is -2.10. The van der Waals surface area contributed by atoms with Crippen LogP contribution in [-0.2, 0) is 0 Å². The van der Waals surface area contributed by atoms with Crippen LogP contribution >= 0.6 is 0 Å². The van der Waals surface area contributed by atoms with E-state index in [1.807, 2.05) is 0 Å². The first kappa shape index (κ1) is 23.5. The zero-order chi connectivity index (χ0) is 25.1. The molecule has 35 heavy (non-hydrogen) atoms. The van der Waals surface area contributed by atoms with Gasteiger partial charge in [0.25, 0.3) is 0 Å². The van der Waals surface area contributed by atoms with Gasteiger partial charge in [0.2, 0.25) is 16.9 Å². The van der Waals surface area contributed by atoms with Crippen molar-refractivity contribution in [2.45, 2.75) is 0 Å². The number of rotatable bonds is 7. The van der Waals surface area contributed by atoms with E-state index in [0.717, 1.165) is 0 Å². The molecule has 0 atom stereocenters. The minimum atomic E-state index is -0.624. The third-order valence-electron chi connectivity index (χ3n) is 5.30. The zero-order valence-electron chi connectivity index (χ0n) is 19.4. The first-order chi connectivity index (χ1) is 16.9. The number of carbonyl (C=O) groups is 1. The molecule has 1 N–H and O–H groups in total. The highest BCUT2D eigenvalue weighted by Crippen LogP contribution is 2.44. The molecule has 4 rings (SSSR count). The van der Waals surface area contributed by atoms with E-state index in [1.165, 1.54) is 40.6 Å². The summed E-state index contributed by atoms with van der Waals surface area (Å²) in [5.74, 6) is -0.571. The minimum absolute atomic E-state index is 0.0124. The third-order valence-corrected chi connectivity index (χ3v) is 5.30. The number of hydrogen-bond donors (Lipinski definition) is 1. The number of phenols is 1. The van der Waals surface area contributed by atoms with Crippen molar-refractivity contribution in [3.63, 3.8) is 0 Å². The van der Waals surface area contributed by atoms with Crippen LogP contribution in [0, 0.1) is 0 Å². The lowest BCUT2D eigenvalue weighted by Gasteiger charge is -2.15. The molecule has 0 fully saturated rings. The molecule has 0 aliphatic carbocycles. The Kier molecular flexibility index (Phi) is 6.50. The van der Waals surface area contributed by atoms with Gasteiger partial charge in [-0.05, 0) is 30.3 Å². The Labute approximate surface area is 200 Å². The van der Waals surface area contributed by atoms with Crippen LogP contribution in [0.4, 0.5) is 0 Å². The van der Waals surface area contributed by atoms with Crippen LogP contribution in [0.2, 0.25) is 0 Å². The molecule has 0 saturated carbocycles. The number of benzene rings is 3. The van der Waals surface area contributed by atoms with E-state index in [9.17, 15) is 14.7 Å². The molecule has 1 aromatic heterocycles. The summed E-state index contributed by atoms with van der Waals surface area (Å²) in [5.41, 5.74) is 0.138. The molecule has 0 saturated heterocycles. The number of carbonyl (C=O) groups excluding carboxylic acids is 1. The van der Waals surface area contributed by atoms with E-state index in [4.69, 9.17) is 28.1 Å². The second kappa shape index (κ2) is 9.68. The van der Waals surface area contributed by atoms with Crippen molar-refractivity contribution in [2.24, 2.45) is 0 Å². The number of phenolic OH excluding ortho intramolecular Hbond substituents is 1. The van der Waals surface area contributed by atoms with Gasteiger partial charge in [-0.1, -0.05) is 18.2 Å². The van der Waals surface area contributed by atoms with Gasteiger partial charge in [0.1, 0.15) is 11.0 Å².